The van der Waals surface area contributed by atoms with Crippen LogP contribution in [0, 0.1) is 5.92 Å². The Morgan fingerprint density at radius 1 is 1.35 bits per heavy atom. The van der Waals surface area contributed by atoms with Gasteiger partial charge in [-0.05, 0) is 44.6 Å². The second-order valence-corrected chi connectivity index (χ2v) is 5.22. The lowest BCUT2D eigenvalue weighted by Crippen LogP contribution is -2.42. The minimum absolute atomic E-state index is 0.119. The molecule has 4 nitrogen and oxygen atoms in total. The second kappa shape index (κ2) is 7.67. The van der Waals surface area contributed by atoms with Crippen molar-refractivity contribution in [1.82, 2.24) is 5.32 Å². The van der Waals surface area contributed by atoms with Crippen LogP contribution >= 0.6 is 0 Å². The quantitative estimate of drug-likeness (QED) is 0.612. The van der Waals surface area contributed by atoms with Gasteiger partial charge >= 0.3 is 0 Å². The number of unbranched alkanes of at least 4 members (excludes halogenated alkanes) is 2. The Morgan fingerprint density at radius 2 is 2.12 bits per heavy atom. The van der Waals surface area contributed by atoms with Gasteiger partial charge in [0.15, 0.2) is 0 Å². The van der Waals surface area contributed by atoms with Crippen LogP contribution in [0.4, 0.5) is 0 Å². The number of hydrogen-bond donors (Lipinski definition) is 3. The van der Waals surface area contributed by atoms with E-state index in [9.17, 15) is 9.90 Å². The molecule has 0 aromatic heterocycles. The van der Waals surface area contributed by atoms with Crippen LogP contribution in [0.5, 0.6) is 0 Å². The Morgan fingerprint density at radius 3 is 2.76 bits per heavy atom. The standard InChI is InChI=1S/C13H26N2O2/c1-10-6-7-11(9-12(10)16)15-13(17)5-3-2-4-8-14/h10-12,16H,2-9,14H2,1H3,(H,15,17)/t10?,11-,12-/m0/s1. The van der Waals surface area contributed by atoms with Gasteiger partial charge in [-0.15, -0.1) is 0 Å². The van der Waals surface area contributed by atoms with Gasteiger partial charge in [-0.25, -0.2) is 0 Å². The van der Waals surface area contributed by atoms with E-state index in [-0.39, 0.29) is 18.1 Å². The SMILES string of the molecule is CC1CC[C@H](NC(=O)CCCCCN)C[C@@H]1O. The highest BCUT2D eigenvalue weighted by Crippen LogP contribution is 2.24. The van der Waals surface area contributed by atoms with Crippen LogP contribution < -0.4 is 11.1 Å². The van der Waals surface area contributed by atoms with Crippen molar-refractivity contribution in [3.05, 3.63) is 0 Å². The molecule has 4 heteroatoms. The highest BCUT2D eigenvalue weighted by atomic mass is 16.3. The fraction of sp³-hybridized carbons (Fsp3) is 0.923. The Kier molecular flexibility index (Phi) is 6.52. The van der Waals surface area contributed by atoms with Gasteiger partial charge in [0.25, 0.3) is 0 Å². The van der Waals surface area contributed by atoms with Gasteiger partial charge in [-0.3, -0.25) is 4.79 Å². The minimum atomic E-state index is -0.258. The predicted octanol–water partition coefficient (Wildman–Crippen LogP) is 1.17. The van der Waals surface area contributed by atoms with E-state index in [4.69, 9.17) is 5.73 Å². The van der Waals surface area contributed by atoms with E-state index < -0.39 is 0 Å². The van der Waals surface area contributed by atoms with Gasteiger partial charge in [0.05, 0.1) is 6.10 Å². The average Bonchev–Trinajstić information content (AvgIpc) is 2.30. The summed E-state index contributed by atoms with van der Waals surface area (Å²) in [5.41, 5.74) is 5.39. The molecule has 1 saturated carbocycles. The summed E-state index contributed by atoms with van der Waals surface area (Å²) in [5, 5.41) is 12.8. The van der Waals surface area contributed by atoms with E-state index in [1.165, 1.54) is 0 Å². The Hall–Kier alpha value is -0.610. The van der Waals surface area contributed by atoms with Gasteiger partial charge in [-0.1, -0.05) is 13.3 Å². The summed E-state index contributed by atoms with van der Waals surface area (Å²) in [6.07, 6.45) is 5.95. The first-order valence-electron chi connectivity index (χ1n) is 6.81. The van der Waals surface area contributed by atoms with Crippen molar-refractivity contribution in [3.8, 4) is 0 Å². The first kappa shape index (κ1) is 14.5. The van der Waals surface area contributed by atoms with Crippen LogP contribution in [-0.2, 0) is 4.79 Å². The molecule has 1 rings (SSSR count). The molecule has 1 fully saturated rings. The van der Waals surface area contributed by atoms with Crippen molar-refractivity contribution in [3.63, 3.8) is 0 Å². The van der Waals surface area contributed by atoms with Crippen molar-refractivity contribution in [2.75, 3.05) is 6.54 Å². The van der Waals surface area contributed by atoms with Crippen molar-refractivity contribution < 1.29 is 9.90 Å². The fourth-order valence-corrected chi connectivity index (χ4v) is 2.34. The van der Waals surface area contributed by atoms with Crippen molar-refractivity contribution in [2.24, 2.45) is 11.7 Å². The number of amides is 1. The molecule has 1 unspecified atom stereocenters. The fourth-order valence-electron chi connectivity index (χ4n) is 2.34. The molecule has 0 aliphatic heterocycles. The second-order valence-electron chi connectivity index (χ2n) is 5.22. The van der Waals surface area contributed by atoms with Crippen LogP contribution in [0.2, 0.25) is 0 Å². The van der Waals surface area contributed by atoms with Crippen LogP contribution in [0.3, 0.4) is 0 Å². The maximum atomic E-state index is 11.6. The molecule has 0 radical (unpaired) electrons. The summed E-state index contributed by atoms with van der Waals surface area (Å²) in [7, 11) is 0. The number of carbonyl (C=O) groups is 1. The van der Waals surface area contributed by atoms with Gasteiger partial charge in [0.2, 0.25) is 5.91 Å². The highest BCUT2D eigenvalue weighted by Gasteiger charge is 2.26. The number of hydrogen-bond acceptors (Lipinski definition) is 3. The normalized spacial score (nSPS) is 29.0. The van der Waals surface area contributed by atoms with Gasteiger partial charge in [0.1, 0.15) is 0 Å². The first-order valence-corrected chi connectivity index (χ1v) is 6.81. The lowest BCUT2D eigenvalue weighted by Gasteiger charge is -2.31. The third kappa shape index (κ3) is 5.50. The average molecular weight is 242 g/mol. The third-order valence-electron chi connectivity index (χ3n) is 3.63. The zero-order chi connectivity index (χ0) is 12.7. The summed E-state index contributed by atoms with van der Waals surface area (Å²) < 4.78 is 0. The Bertz CT molecular complexity index is 233. The topological polar surface area (TPSA) is 75.4 Å². The number of aliphatic hydroxyl groups excluding tert-OH is 1. The van der Waals surface area contributed by atoms with E-state index in [1.54, 1.807) is 0 Å². The molecule has 17 heavy (non-hydrogen) atoms. The van der Waals surface area contributed by atoms with Gasteiger partial charge in [0, 0.05) is 12.5 Å². The molecule has 0 aromatic rings. The number of rotatable bonds is 6. The molecule has 0 saturated heterocycles. The van der Waals surface area contributed by atoms with Gasteiger partial charge in [-0.2, -0.15) is 0 Å². The molecule has 0 spiro atoms. The molecule has 3 atom stereocenters. The summed E-state index contributed by atoms with van der Waals surface area (Å²) >= 11 is 0. The molecular weight excluding hydrogens is 216 g/mol. The number of carbonyl (C=O) groups excluding carboxylic acids is 1. The van der Waals surface area contributed by atoms with Crippen LogP contribution in [0.1, 0.15) is 51.9 Å². The molecule has 1 amide bonds. The molecule has 100 valence electrons. The molecule has 1 aliphatic carbocycles. The third-order valence-corrected chi connectivity index (χ3v) is 3.63. The van der Waals surface area contributed by atoms with Crippen LogP contribution in [-0.4, -0.2) is 29.7 Å². The van der Waals surface area contributed by atoms with Crippen molar-refractivity contribution in [2.45, 2.75) is 64.0 Å². The Balaban J connectivity index is 2.14. The zero-order valence-electron chi connectivity index (χ0n) is 10.8. The zero-order valence-corrected chi connectivity index (χ0v) is 10.8. The summed E-state index contributed by atoms with van der Waals surface area (Å²) in [4.78, 5) is 11.6. The van der Waals surface area contributed by atoms with Crippen molar-refractivity contribution >= 4 is 5.91 Å². The molecule has 0 aromatic carbocycles. The molecule has 4 N–H and O–H groups in total. The maximum Gasteiger partial charge on any atom is 0.220 e. The van der Waals surface area contributed by atoms with E-state index in [1.807, 2.05) is 0 Å². The number of aliphatic hydroxyl groups is 1. The lowest BCUT2D eigenvalue weighted by molar-refractivity contribution is -0.122. The number of nitrogens with one attached hydrogen (secondary N) is 1. The highest BCUT2D eigenvalue weighted by molar-refractivity contribution is 5.76. The maximum absolute atomic E-state index is 11.6. The number of nitrogens with two attached hydrogens (primary N) is 1. The minimum Gasteiger partial charge on any atom is -0.393 e. The van der Waals surface area contributed by atoms with Crippen LogP contribution in [0.15, 0.2) is 0 Å². The van der Waals surface area contributed by atoms with Gasteiger partial charge < -0.3 is 16.2 Å². The molecule has 0 bridgehead atoms. The van der Waals surface area contributed by atoms with E-state index in [0.717, 1.165) is 32.1 Å². The van der Waals surface area contributed by atoms with Crippen LogP contribution in [0.25, 0.3) is 0 Å². The molecular formula is C13H26N2O2. The van der Waals surface area contributed by atoms with Crippen molar-refractivity contribution in [1.29, 1.82) is 0 Å². The Labute approximate surface area is 104 Å². The summed E-state index contributed by atoms with van der Waals surface area (Å²) in [6.45, 7) is 2.77. The van der Waals surface area contributed by atoms with E-state index in [2.05, 4.69) is 12.2 Å². The predicted molar refractivity (Wildman–Crippen MR) is 68.5 cm³/mol. The molecule has 1 aliphatic rings. The lowest BCUT2D eigenvalue weighted by atomic mass is 9.85. The van der Waals surface area contributed by atoms with E-state index in [0.29, 0.717) is 25.3 Å². The van der Waals surface area contributed by atoms with E-state index >= 15 is 0 Å². The monoisotopic (exact) mass is 242 g/mol. The smallest absolute Gasteiger partial charge is 0.220 e. The first-order chi connectivity index (χ1) is 8.13. The summed E-state index contributed by atoms with van der Waals surface area (Å²) in [6, 6.07) is 0.170. The summed E-state index contributed by atoms with van der Waals surface area (Å²) in [5.74, 6) is 0.487. The largest absolute Gasteiger partial charge is 0.393 e. The molecule has 0 heterocycles.